The van der Waals surface area contributed by atoms with Gasteiger partial charge in [0.1, 0.15) is 60.4 Å². The van der Waals surface area contributed by atoms with Crippen molar-refractivity contribution in [3.05, 3.63) is 36.0 Å². The van der Waals surface area contributed by atoms with Crippen LogP contribution in [0.5, 0.6) is 0 Å². The average molecular weight is 1240 g/mol. The Morgan fingerprint density at radius 3 is 1.72 bits per heavy atom. The first kappa shape index (κ1) is 71.7. The number of aliphatic hydroxyl groups excluding tert-OH is 2. The minimum atomic E-state index is -1.78. The van der Waals surface area contributed by atoms with Crippen molar-refractivity contribution >= 4 is 113 Å². The Morgan fingerprint density at radius 2 is 1.18 bits per heavy atom. The minimum Gasteiger partial charge on any atom is -0.481 e. The second-order valence-corrected chi connectivity index (χ2v) is 21.8. The zero-order chi connectivity index (χ0) is 63.8. The van der Waals surface area contributed by atoms with Gasteiger partial charge in [0.15, 0.2) is 0 Å². The molecule has 19 N–H and O–H groups in total. The number of carbonyl (C=O) groups excluding carboxylic acids is 12. The Bertz CT molecular complexity index is 2710. The number of carboxylic acid groups (broad SMARTS) is 1. The van der Waals surface area contributed by atoms with Crippen molar-refractivity contribution in [1.82, 2.24) is 57.7 Å². The molecule has 1 saturated heterocycles. The van der Waals surface area contributed by atoms with Gasteiger partial charge in [-0.05, 0) is 82.9 Å². The highest BCUT2D eigenvalue weighted by Gasteiger charge is 2.42. The first-order valence-corrected chi connectivity index (χ1v) is 28.9. The van der Waals surface area contributed by atoms with Gasteiger partial charge in [-0.15, -0.1) is 0 Å². The van der Waals surface area contributed by atoms with E-state index in [2.05, 4.69) is 78.1 Å². The maximum absolute atomic E-state index is 14.6. The lowest BCUT2D eigenvalue weighted by atomic mass is 10.0. The smallest absolute Gasteiger partial charge is 0.303 e. The van der Waals surface area contributed by atoms with Gasteiger partial charge >= 0.3 is 5.97 Å². The highest BCUT2D eigenvalue weighted by atomic mass is 32.1. The monoisotopic (exact) mass is 1230 g/mol. The standard InChI is InChI=1S/C53H82N14O16S2/c1-25(2)19-34(48(78)65-43(27(4)69)52(82)64-37(23-84)44(56)74)61-45(75)32(13-8-9-17-54)59-47(77)36(21-40(55)71)62-50(80)39-14-10-18-67(39)53(83)33(15-16-41(72)73)60-46(76)35(20-29-22-57-31-12-7-6-11-30(29)31)63-51(81)42(26(3)68)66-49(79)38(24-85)58-28(5)70/h6-7,11-12,22,25-27,32-39,42-43,57,68-69,84-85H,8-10,13-21,23-24,54H2,1-5H3,(H2,55,71)(H2,56,74)(H,58,70)(H,59,77)(H,60,76)(H,61,75)(H,62,80)(H,63,81)(H,64,82)(H,65,78)(H,66,79)(H,72,73)/t26-,27-,32+,33+,34+,35+,36+,37+,38+,39-,42+,43+/m1/s1. The third-order valence-electron chi connectivity index (χ3n) is 13.6. The number of nitrogens with zero attached hydrogens (tertiary/aromatic N) is 1. The van der Waals surface area contributed by atoms with E-state index < -0.39 is 169 Å². The molecule has 2 heterocycles. The number of primary amides is 2. The lowest BCUT2D eigenvalue weighted by molar-refractivity contribution is -0.144. The molecule has 85 heavy (non-hydrogen) atoms. The molecule has 0 unspecified atom stereocenters. The average Bonchev–Trinajstić information content (AvgIpc) is 4.23. The summed E-state index contributed by atoms with van der Waals surface area (Å²) in [5.41, 5.74) is 17.7. The molecule has 3 rings (SSSR count). The van der Waals surface area contributed by atoms with Crippen LogP contribution in [0.4, 0.5) is 0 Å². The Labute approximate surface area is 501 Å². The van der Waals surface area contributed by atoms with E-state index in [0.29, 0.717) is 22.9 Å². The molecule has 0 spiro atoms. The Balaban J connectivity index is 1.94. The van der Waals surface area contributed by atoms with Gasteiger partial charge in [-0.2, -0.15) is 25.3 Å². The van der Waals surface area contributed by atoms with Gasteiger partial charge in [0.2, 0.25) is 70.9 Å². The number of amides is 12. The normalized spacial score (nSPS) is 16.9. The Hall–Kier alpha value is -7.55. The van der Waals surface area contributed by atoms with E-state index in [4.69, 9.17) is 17.2 Å². The molecule has 1 aromatic heterocycles. The highest BCUT2D eigenvalue weighted by Crippen LogP contribution is 2.23. The van der Waals surface area contributed by atoms with Gasteiger partial charge in [-0.3, -0.25) is 62.3 Å². The molecule has 1 fully saturated rings. The quantitative estimate of drug-likeness (QED) is 0.0225. The Kier molecular flexibility index (Phi) is 29.6. The van der Waals surface area contributed by atoms with Gasteiger partial charge in [-0.25, -0.2) is 0 Å². The van der Waals surface area contributed by atoms with E-state index in [1.807, 2.05) is 0 Å². The number of hydrogen-bond donors (Lipinski definition) is 18. The van der Waals surface area contributed by atoms with Crippen LogP contribution in [0, 0.1) is 5.92 Å². The number of aliphatic carboxylic acids is 1. The van der Waals surface area contributed by atoms with Crippen LogP contribution in [-0.4, -0.2) is 199 Å². The lowest BCUT2D eigenvalue weighted by Crippen LogP contribution is -2.62. The number of carbonyl (C=O) groups is 13. The minimum absolute atomic E-state index is 0.0262. The fourth-order valence-electron chi connectivity index (χ4n) is 9.21. The lowest BCUT2D eigenvalue weighted by Gasteiger charge is -2.31. The van der Waals surface area contributed by atoms with Crippen molar-refractivity contribution in [2.24, 2.45) is 23.1 Å². The largest absolute Gasteiger partial charge is 0.481 e. The molecule has 0 radical (unpaired) electrons. The van der Waals surface area contributed by atoms with Crippen LogP contribution in [0.15, 0.2) is 30.5 Å². The maximum Gasteiger partial charge on any atom is 0.303 e. The number of fused-ring (bicyclic) bond motifs is 1. The summed E-state index contributed by atoms with van der Waals surface area (Å²) in [6.07, 6.45) is -3.20. The molecule has 1 aliphatic rings. The van der Waals surface area contributed by atoms with Crippen LogP contribution in [0.3, 0.4) is 0 Å². The topological polar surface area (TPSA) is 488 Å². The molecule has 32 heteroatoms. The van der Waals surface area contributed by atoms with E-state index in [9.17, 15) is 77.6 Å². The molecule has 472 valence electrons. The first-order valence-electron chi connectivity index (χ1n) is 27.7. The number of aromatic amines is 1. The summed E-state index contributed by atoms with van der Waals surface area (Å²) in [6.45, 7) is 7.05. The molecule has 1 aliphatic heterocycles. The van der Waals surface area contributed by atoms with Crippen molar-refractivity contribution in [1.29, 1.82) is 0 Å². The zero-order valence-electron chi connectivity index (χ0n) is 48.0. The summed E-state index contributed by atoms with van der Waals surface area (Å²) >= 11 is 8.08. The molecule has 1 aromatic carbocycles. The van der Waals surface area contributed by atoms with Gasteiger partial charge in [0, 0.05) is 54.9 Å². The van der Waals surface area contributed by atoms with E-state index >= 15 is 0 Å². The zero-order valence-corrected chi connectivity index (χ0v) is 49.8. The van der Waals surface area contributed by atoms with Crippen LogP contribution < -0.4 is 65.1 Å². The number of nitrogens with one attached hydrogen (secondary N) is 10. The number of benzene rings is 1. The number of unbranched alkanes of at least 4 members (excludes halogenated alkanes) is 1. The number of aliphatic hydroxyl groups is 2. The van der Waals surface area contributed by atoms with Crippen molar-refractivity contribution in [3.63, 3.8) is 0 Å². The predicted molar refractivity (Wildman–Crippen MR) is 313 cm³/mol. The van der Waals surface area contributed by atoms with Crippen LogP contribution in [0.1, 0.15) is 98.0 Å². The van der Waals surface area contributed by atoms with E-state index in [0.717, 1.165) is 11.8 Å². The number of para-hydroxylation sites is 1. The van der Waals surface area contributed by atoms with Crippen molar-refractivity contribution in [2.45, 2.75) is 171 Å². The summed E-state index contributed by atoms with van der Waals surface area (Å²) < 4.78 is 0. The number of thiol groups is 2. The van der Waals surface area contributed by atoms with Crippen molar-refractivity contribution < 1.29 is 77.6 Å². The van der Waals surface area contributed by atoms with Gasteiger partial charge in [0.25, 0.3) is 0 Å². The summed E-state index contributed by atoms with van der Waals surface area (Å²) in [5.74, 6) is -13.5. The molecule has 0 saturated carbocycles. The van der Waals surface area contributed by atoms with E-state index in [1.54, 1.807) is 44.3 Å². The fraction of sp³-hybridized carbons (Fsp3) is 0.604. The number of carboxylic acids is 1. The summed E-state index contributed by atoms with van der Waals surface area (Å²) in [5, 5.41) is 53.5. The molecule has 0 bridgehead atoms. The maximum atomic E-state index is 14.6. The number of rotatable bonds is 36. The molecule has 2 aromatic rings. The molecular weight excluding hydrogens is 1150 g/mol. The summed E-state index contributed by atoms with van der Waals surface area (Å²) in [6, 6.07) is -8.17. The number of aromatic nitrogens is 1. The molecule has 12 amide bonds. The van der Waals surface area contributed by atoms with Crippen LogP contribution in [0.25, 0.3) is 10.9 Å². The molecular formula is C53H82N14O16S2. The van der Waals surface area contributed by atoms with Gasteiger partial charge < -0.3 is 90.3 Å². The van der Waals surface area contributed by atoms with Crippen LogP contribution >= 0.6 is 25.3 Å². The number of nitrogens with two attached hydrogens (primary N) is 3. The number of likely N-dealkylation sites (tertiary alicyclic amines) is 1. The first-order chi connectivity index (χ1) is 40.0. The third-order valence-corrected chi connectivity index (χ3v) is 14.4. The summed E-state index contributed by atoms with van der Waals surface area (Å²) in [4.78, 5) is 178. The Morgan fingerprint density at radius 1 is 0.647 bits per heavy atom. The summed E-state index contributed by atoms with van der Waals surface area (Å²) in [7, 11) is 0. The second kappa shape index (κ2) is 35.0. The molecule has 0 aliphatic carbocycles. The SMILES string of the molecule is CC(=O)N[C@@H](CS)C(=O)N[C@H](C(=O)N[C@@H](Cc1c[nH]c2ccccc12)C(=O)N[C@@H](CCC(=O)O)C(=O)N1CCC[C@@H]1C(=O)N[C@@H](CC(N)=O)C(=O)N[C@@H](CCCCN)C(=O)N[C@@H](CC(C)C)C(=O)N[C@H](C(=O)N[C@@H](CS)C(N)=O)[C@@H](C)O)[C@@H](C)O. The highest BCUT2D eigenvalue weighted by molar-refractivity contribution is 7.80. The fourth-order valence-corrected chi connectivity index (χ4v) is 9.73. The van der Waals surface area contributed by atoms with E-state index in [-0.39, 0.29) is 69.0 Å². The second-order valence-electron chi connectivity index (χ2n) is 21.1. The number of hydrogen-bond acceptors (Lipinski definition) is 18. The van der Waals surface area contributed by atoms with Crippen LogP contribution in [-0.2, 0) is 68.7 Å². The van der Waals surface area contributed by atoms with E-state index in [1.165, 1.54) is 13.8 Å². The predicted octanol–water partition coefficient (Wildman–Crippen LogP) is -4.89. The molecule has 12 atom stereocenters. The van der Waals surface area contributed by atoms with Crippen molar-refractivity contribution in [3.8, 4) is 0 Å². The van der Waals surface area contributed by atoms with Crippen LogP contribution in [0.2, 0.25) is 0 Å². The van der Waals surface area contributed by atoms with Gasteiger partial charge in [0.05, 0.1) is 18.6 Å². The third kappa shape index (κ3) is 22.8. The van der Waals surface area contributed by atoms with Crippen molar-refractivity contribution in [2.75, 3.05) is 24.6 Å². The molecule has 30 nitrogen and oxygen atoms in total. The number of H-pyrrole nitrogens is 1. The van der Waals surface area contributed by atoms with Gasteiger partial charge in [-0.1, -0.05) is 32.0 Å².